The lowest BCUT2D eigenvalue weighted by molar-refractivity contribution is -0.0640. The summed E-state index contributed by atoms with van der Waals surface area (Å²) in [7, 11) is -4.21. The molecule has 148 valence electrons. The second-order valence-electron chi connectivity index (χ2n) is 6.70. The Morgan fingerprint density at radius 1 is 1.32 bits per heavy atom. The fraction of sp³-hybridized carbons (Fsp3) is 0.316. The van der Waals surface area contributed by atoms with Gasteiger partial charge in [0.15, 0.2) is 0 Å². The molecule has 0 aliphatic carbocycles. The molecule has 0 radical (unpaired) electrons. The normalized spacial score (nSPS) is 22.8. The van der Waals surface area contributed by atoms with E-state index in [-0.39, 0.29) is 17.1 Å². The zero-order valence-electron chi connectivity index (χ0n) is 15.0. The quantitative estimate of drug-likeness (QED) is 0.740. The number of benzene rings is 2. The average Bonchev–Trinajstić information content (AvgIpc) is 3.01. The summed E-state index contributed by atoms with van der Waals surface area (Å²) in [6.45, 7) is 7.64. The van der Waals surface area contributed by atoms with Gasteiger partial charge in [-0.2, -0.15) is 4.31 Å². The summed E-state index contributed by atoms with van der Waals surface area (Å²) in [5, 5.41) is 20.4. The van der Waals surface area contributed by atoms with Gasteiger partial charge in [0.2, 0.25) is 15.7 Å². The van der Waals surface area contributed by atoms with Gasteiger partial charge in [0.1, 0.15) is 23.3 Å². The summed E-state index contributed by atoms with van der Waals surface area (Å²) in [5.74, 6) is -0.302. The number of aliphatic hydroxyl groups is 2. The maximum Gasteiger partial charge on any atom is 0.233 e. The minimum absolute atomic E-state index is 0.234. The maximum absolute atomic E-state index is 13.4. The standard InChI is InChI=1S/C19H19FN2O5S/c1-13-3-6-15(7-4-13)27-18-10-22(11-19(18,24)12-23)28(25,26)17-8-5-14(20)9-16(17)21-2/h3-9,18,23-24H,10-12H2,1H3/t18-,19+/m0/s1. The number of halogens is 1. The minimum Gasteiger partial charge on any atom is -0.486 e. The SMILES string of the molecule is [C-]#[N+]c1cc(F)ccc1S(=O)(=O)N1C[C@H](Oc2ccc(C)cc2)[C@](O)(CO)C1. The van der Waals surface area contributed by atoms with E-state index < -0.39 is 40.7 Å². The van der Waals surface area contributed by atoms with Gasteiger partial charge in [-0.3, -0.25) is 0 Å². The molecule has 28 heavy (non-hydrogen) atoms. The molecule has 7 nitrogen and oxygen atoms in total. The lowest BCUT2D eigenvalue weighted by atomic mass is 10.0. The van der Waals surface area contributed by atoms with Crippen LogP contribution in [0.3, 0.4) is 0 Å². The minimum atomic E-state index is -4.21. The highest BCUT2D eigenvalue weighted by atomic mass is 32.2. The van der Waals surface area contributed by atoms with Crippen molar-refractivity contribution >= 4 is 15.7 Å². The third-order valence-corrected chi connectivity index (χ3v) is 6.51. The lowest BCUT2D eigenvalue weighted by Crippen LogP contribution is -2.48. The van der Waals surface area contributed by atoms with E-state index in [1.165, 1.54) is 0 Å². The predicted octanol–water partition coefficient (Wildman–Crippen LogP) is 1.86. The molecule has 2 N–H and O–H groups in total. The second-order valence-corrected chi connectivity index (χ2v) is 8.61. The molecule has 9 heteroatoms. The first kappa shape index (κ1) is 20.2. The first-order valence-corrected chi connectivity index (χ1v) is 9.87. The van der Waals surface area contributed by atoms with Crippen LogP contribution in [0, 0.1) is 19.3 Å². The van der Waals surface area contributed by atoms with Crippen molar-refractivity contribution in [2.45, 2.75) is 23.5 Å². The number of hydrogen-bond acceptors (Lipinski definition) is 5. The van der Waals surface area contributed by atoms with E-state index in [2.05, 4.69) is 4.85 Å². The highest BCUT2D eigenvalue weighted by Gasteiger charge is 2.51. The van der Waals surface area contributed by atoms with Gasteiger partial charge in [-0.1, -0.05) is 17.7 Å². The van der Waals surface area contributed by atoms with Gasteiger partial charge >= 0.3 is 0 Å². The number of rotatable bonds is 5. The molecule has 0 saturated carbocycles. The average molecular weight is 406 g/mol. The van der Waals surface area contributed by atoms with Crippen LogP contribution in [0.5, 0.6) is 5.75 Å². The molecule has 1 aliphatic heterocycles. The third-order valence-electron chi connectivity index (χ3n) is 4.65. The summed E-state index contributed by atoms with van der Waals surface area (Å²) >= 11 is 0. The van der Waals surface area contributed by atoms with Gasteiger partial charge in [-0.25, -0.2) is 17.7 Å². The monoisotopic (exact) mass is 406 g/mol. The van der Waals surface area contributed by atoms with Gasteiger partial charge in [-0.05, 0) is 37.3 Å². The Morgan fingerprint density at radius 2 is 2.00 bits per heavy atom. The molecule has 0 bridgehead atoms. The van der Waals surface area contributed by atoms with Crippen LogP contribution in [0.2, 0.25) is 0 Å². The van der Waals surface area contributed by atoms with Crippen molar-refractivity contribution in [3.63, 3.8) is 0 Å². The highest BCUT2D eigenvalue weighted by Crippen LogP contribution is 2.34. The van der Waals surface area contributed by atoms with E-state index >= 15 is 0 Å². The molecular formula is C19H19FN2O5S. The van der Waals surface area contributed by atoms with Crippen molar-refractivity contribution in [2.24, 2.45) is 0 Å². The molecule has 0 unspecified atom stereocenters. The Balaban J connectivity index is 1.91. The fourth-order valence-electron chi connectivity index (χ4n) is 3.02. The molecule has 1 aliphatic rings. The summed E-state index contributed by atoms with van der Waals surface area (Å²) < 4.78 is 46.0. The van der Waals surface area contributed by atoms with Crippen LogP contribution in [0.15, 0.2) is 47.4 Å². The van der Waals surface area contributed by atoms with Crippen LogP contribution in [-0.2, 0) is 10.0 Å². The largest absolute Gasteiger partial charge is 0.486 e. The number of hydrogen-bond donors (Lipinski definition) is 2. The molecule has 1 fully saturated rings. The number of aliphatic hydroxyl groups excluding tert-OH is 1. The first-order valence-electron chi connectivity index (χ1n) is 8.43. The Morgan fingerprint density at radius 3 is 2.61 bits per heavy atom. The molecule has 2 atom stereocenters. The molecule has 2 aromatic rings. The van der Waals surface area contributed by atoms with Gasteiger partial charge in [-0.15, -0.1) is 0 Å². The van der Waals surface area contributed by atoms with Crippen LogP contribution < -0.4 is 4.74 Å². The topological polar surface area (TPSA) is 91.4 Å². The molecule has 2 aromatic carbocycles. The van der Waals surface area contributed by atoms with E-state index in [1.807, 2.05) is 6.92 Å². The van der Waals surface area contributed by atoms with Gasteiger partial charge in [0.05, 0.1) is 24.6 Å². The van der Waals surface area contributed by atoms with Crippen molar-refractivity contribution in [3.8, 4) is 5.75 Å². The van der Waals surface area contributed by atoms with Crippen LogP contribution in [0.1, 0.15) is 5.56 Å². The number of sulfonamides is 1. The predicted molar refractivity (Wildman–Crippen MR) is 99.1 cm³/mol. The van der Waals surface area contributed by atoms with Gasteiger partial charge in [0, 0.05) is 6.54 Å². The summed E-state index contributed by atoms with van der Waals surface area (Å²) in [5.41, 5.74) is -1.17. The first-order chi connectivity index (χ1) is 13.2. The van der Waals surface area contributed by atoms with E-state index in [4.69, 9.17) is 11.3 Å². The Kier molecular flexibility index (Phi) is 5.41. The Bertz CT molecular complexity index is 1020. The molecular weight excluding hydrogens is 387 g/mol. The smallest absolute Gasteiger partial charge is 0.233 e. The van der Waals surface area contributed by atoms with Crippen molar-refractivity contribution in [1.29, 1.82) is 0 Å². The number of β-amino-alcohol motifs (C(OH)–C–C–N with tert-alkyl or cyclic N) is 1. The molecule has 3 rings (SSSR count). The van der Waals surface area contributed by atoms with Crippen molar-refractivity contribution in [2.75, 3.05) is 19.7 Å². The number of aryl methyl sites for hydroxylation is 1. The van der Waals surface area contributed by atoms with Crippen LogP contribution in [0.25, 0.3) is 4.85 Å². The zero-order chi connectivity index (χ0) is 20.5. The fourth-order valence-corrected chi connectivity index (χ4v) is 4.64. The van der Waals surface area contributed by atoms with Crippen molar-refractivity contribution in [1.82, 2.24) is 4.31 Å². The van der Waals surface area contributed by atoms with E-state index in [9.17, 15) is 23.0 Å². The summed E-state index contributed by atoms with van der Waals surface area (Å²) in [4.78, 5) is 2.72. The highest BCUT2D eigenvalue weighted by molar-refractivity contribution is 7.89. The molecule has 1 heterocycles. The number of ether oxygens (including phenoxy) is 1. The summed E-state index contributed by atoms with van der Waals surface area (Å²) in [6, 6.07) is 9.78. The maximum atomic E-state index is 13.4. The second kappa shape index (κ2) is 7.48. The van der Waals surface area contributed by atoms with Gasteiger partial charge in [0.25, 0.3) is 0 Å². The lowest BCUT2D eigenvalue weighted by Gasteiger charge is -2.27. The van der Waals surface area contributed by atoms with E-state index in [1.54, 1.807) is 24.3 Å². The molecule has 0 amide bonds. The molecule has 0 aromatic heterocycles. The van der Waals surface area contributed by atoms with Crippen LogP contribution in [0.4, 0.5) is 10.1 Å². The number of nitrogens with zero attached hydrogens (tertiary/aromatic N) is 2. The Labute approximate surface area is 162 Å². The van der Waals surface area contributed by atoms with E-state index in [0.29, 0.717) is 5.75 Å². The zero-order valence-corrected chi connectivity index (χ0v) is 15.9. The molecule has 1 saturated heterocycles. The van der Waals surface area contributed by atoms with Gasteiger partial charge < -0.3 is 14.9 Å². The van der Waals surface area contributed by atoms with Crippen LogP contribution in [-0.4, -0.2) is 54.3 Å². The van der Waals surface area contributed by atoms with Crippen LogP contribution >= 0.6 is 0 Å². The van der Waals surface area contributed by atoms with E-state index in [0.717, 1.165) is 28.1 Å². The molecule has 0 spiro atoms. The third kappa shape index (κ3) is 3.72. The van der Waals surface area contributed by atoms with Crippen molar-refractivity contribution in [3.05, 3.63) is 65.3 Å². The Hall–Kier alpha value is -2.51. The summed E-state index contributed by atoms with van der Waals surface area (Å²) in [6.07, 6.45) is -1.02. The van der Waals surface area contributed by atoms with Crippen molar-refractivity contribution < 1.29 is 27.8 Å².